The van der Waals surface area contributed by atoms with Crippen molar-refractivity contribution in [3.8, 4) is 22.3 Å². The van der Waals surface area contributed by atoms with Crippen LogP contribution in [0.5, 0.6) is 0 Å². The van der Waals surface area contributed by atoms with Crippen molar-refractivity contribution in [2.45, 2.75) is 0 Å². The molecule has 11 aromatic rings. The van der Waals surface area contributed by atoms with Gasteiger partial charge < -0.3 is 13.7 Å². The van der Waals surface area contributed by atoms with E-state index in [-0.39, 0.29) is 0 Å². The first-order valence-corrected chi connectivity index (χ1v) is 18.0. The van der Waals surface area contributed by atoms with Gasteiger partial charge in [-0.3, -0.25) is 0 Å². The molecular formula is C50H31NO2. The Morgan fingerprint density at radius 3 is 1.85 bits per heavy atom. The van der Waals surface area contributed by atoms with E-state index in [1.54, 1.807) is 0 Å². The zero-order valence-corrected chi connectivity index (χ0v) is 28.7. The van der Waals surface area contributed by atoms with Gasteiger partial charge in [0.15, 0.2) is 0 Å². The van der Waals surface area contributed by atoms with Crippen molar-refractivity contribution in [3.63, 3.8) is 0 Å². The molecule has 248 valence electrons. The number of hydrogen-bond acceptors (Lipinski definition) is 3. The van der Waals surface area contributed by atoms with Crippen molar-refractivity contribution in [3.05, 3.63) is 188 Å². The van der Waals surface area contributed by atoms with Gasteiger partial charge in [0.25, 0.3) is 0 Å². The molecule has 0 spiro atoms. The molecule has 0 amide bonds. The summed E-state index contributed by atoms with van der Waals surface area (Å²) >= 11 is 0. The van der Waals surface area contributed by atoms with Gasteiger partial charge in [0.1, 0.15) is 22.3 Å². The summed E-state index contributed by atoms with van der Waals surface area (Å²) in [5.74, 6) is 0. The van der Waals surface area contributed by atoms with Crippen LogP contribution in [0.3, 0.4) is 0 Å². The molecule has 0 atom stereocenters. The molecule has 53 heavy (non-hydrogen) atoms. The molecule has 0 unspecified atom stereocenters. The first-order valence-electron chi connectivity index (χ1n) is 18.0. The smallest absolute Gasteiger partial charge is 0.143 e. The van der Waals surface area contributed by atoms with Gasteiger partial charge in [-0.05, 0) is 87.4 Å². The molecule has 3 heteroatoms. The highest BCUT2D eigenvalue weighted by Crippen LogP contribution is 2.46. The average Bonchev–Trinajstić information content (AvgIpc) is 3.81. The standard InChI is InChI=1S/C50H31NO2/c1-2-13-34-29-36(26-25-32(34)11-1)35-14-7-16-38(30-35)51(45-22-10-24-47-48(45)44-28-27-33-12-3-4-18-40(33)50(44)53-47)39-17-8-15-37(31-39)41-20-9-21-43-42-19-5-6-23-46(42)52-49(41)43/h1-31H. The maximum atomic E-state index is 6.69. The van der Waals surface area contributed by atoms with Crippen LogP contribution in [0.1, 0.15) is 0 Å². The lowest BCUT2D eigenvalue weighted by Crippen LogP contribution is -2.10. The Morgan fingerprint density at radius 2 is 0.962 bits per heavy atom. The zero-order chi connectivity index (χ0) is 34.9. The normalized spacial score (nSPS) is 11.8. The fourth-order valence-electron chi connectivity index (χ4n) is 8.13. The van der Waals surface area contributed by atoms with Gasteiger partial charge in [0.2, 0.25) is 0 Å². The van der Waals surface area contributed by atoms with Crippen LogP contribution in [0.4, 0.5) is 17.1 Å². The van der Waals surface area contributed by atoms with Gasteiger partial charge in [0.05, 0.1) is 11.1 Å². The lowest BCUT2D eigenvalue weighted by Gasteiger charge is -2.27. The molecule has 0 aliphatic carbocycles. The Balaban J connectivity index is 1.15. The number of rotatable bonds is 5. The van der Waals surface area contributed by atoms with Gasteiger partial charge in [-0.1, -0.05) is 133 Å². The van der Waals surface area contributed by atoms with E-state index >= 15 is 0 Å². The van der Waals surface area contributed by atoms with Crippen molar-refractivity contribution in [1.29, 1.82) is 0 Å². The summed E-state index contributed by atoms with van der Waals surface area (Å²) in [6, 6.07) is 66.8. The summed E-state index contributed by atoms with van der Waals surface area (Å²) in [7, 11) is 0. The topological polar surface area (TPSA) is 29.5 Å². The fourth-order valence-corrected chi connectivity index (χ4v) is 8.13. The Hall–Kier alpha value is -7.10. The second kappa shape index (κ2) is 11.7. The number of anilines is 3. The summed E-state index contributed by atoms with van der Waals surface area (Å²) in [5, 5.41) is 9.13. The monoisotopic (exact) mass is 677 g/mol. The molecule has 0 bridgehead atoms. The van der Waals surface area contributed by atoms with E-state index in [2.05, 4.69) is 181 Å². The summed E-state index contributed by atoms with van der Waals surface area (Å²) in [6.45, 7) is 0. The molecule has 2 aromatic heterocycles. The molecule has 0 aliphatic heterocycles. The van der Waals surface area contributed by atoms with Crippen LogP contribution in [0.2, 0.25) is 0 Å². The van der Waals surface area contributed by atoms with E-state index in [1.807, 2.05) is 12.1 Å². The van der Waals surface area contributed by atoms with E-state index in [0.717, 1.165) is 88.4 Å². The third kappa shape index (κ3) is 4.75. The van der Waals surface area contributed by atoms with Gasteiger partial charge in [-0.25, -0.2) is 0 Å². The third-order valence-corrected chi connectivity index (χ3v) is 10.6. The maximum Gasteiger partial charge on any atom is 0.143 e. The van der Waals surface area contributed by atoms with Crippen molar-refractivity contribution < 1.29 is 8.83 Å². The minimum absolute atomic E-state index is 0.854. The highest BCUT2D eigenvalue weighted by atomic mass is 16.3. The Kier molecular flexibility index (Phi) is 6.55. The van der Waals surface area contributed by atoms with Crippen LogP contribution in [0.25, 0.3) is 87.7 Å². The first kappa shape index (κ1) is 29.6. The zero-order valence-electron chi connectivity index (χ0n) is 28.7. The third-order valence-electron chi connectivity index (χ3n) is 10.6. The summed E-state index contributed by atoms with van der Waals surface area (Å²) in [6.07, 6.45) is 0. The molecule has 3 nitrogen and oxygen atoms in total. The number of furan rings is 2. The molecule has 0 N–H and O–H groups in total. The number of fused-ring (bicyclic) bond motifs is 9. The van der Waals surface area contributed by atoms with Crippen molar-refractivity contribution in [1.82, 2.24) is 0 Å². The molecule has 0 radical (unpaired) electrons. The Bertz CT molecular complexity index is 3200. The SMILES string of the molecule is c1cc(-c2ccc3ccccc3c2)cc(N(c2cccc(-c3cccc4c3oc3ccccc34)c2)c2cccc3oc4c5ccccc5ccc4c23)c1. The number of hydrogen-bond donors (Lipinski definition) is 0. The van der Waals surface area contributed by atoms with Gasteiger partial charge in [-0.2, -0.15) is 0 Å². The van der Waals surface area contributed by atoms with E-state index < -0.39 is 0 Å². The molecule has 2 heterocycles. The lowest BCUT2D eigenvalue weighted by molar-refractivity contribution is 0.670. The summed E-state index contributed by atoms with van der Waals surface area (Å²) < 4.78 is 13.2. The van der Waals surface area contributed by atoms with E-state index in [1.165, 1.54) is 16.3 Å². The highest BCUT2D eigenvalue weighted by molar-refractivity contribution is 6.19. The van der Waals surface area contributed by atoms with Crippen LogP contribution >= 0.6 is 0 Å². The quantitative estimate of drug-likeness (QED) is 0.182. The first-order chi connectivity index (χ1) is 26.3. The predicted molar refractivity (Wildman–Crippen MR) is 222 cm³/mol. The Morgan fingerprint density at radius 1 is 0.340 bits per heavy atom. The van der Waals surface area contributed by atoms with E-state index in [0.29, 0.717) is 0 Å². The second-order valence-corrected chi connectivity index (χ2v) is 13.7. The maximum absolute atomic E-state index is 6.69. The molecule has 0 aliphatic rings. The molecule has 0 saturated carbocycles. The van der Waals surface area contributed by atoms with Crippen LogP contribution < -0.4 is 4.90 Å². The lowest BCUT2D eigenvalue weighted by atomic mass is 9.99. The van der Waals surface area contributed by atoms with Gasteiger partial charge >= 0.3 is 0 Å². The molecular weight excluding hydrogens is 647 g/mol. The molecule has 0 saturated heterocycles. The van der Waals surface area contributed by atoms with E-state index in [4.69, 9.17) is 8.83 Å². The Labute approximate surface area is 305 Å². The fraction of sp³-hybridized carbons (Fsp3) is 0. The molecule has 11 rings (SSSR count). The minimum atomic E-state index is 0.854. The van der Waals surface area contributed by atoms with E-state index in [9.17, 15) is 0 Å². The van der Waals surface area contributed by atoms with Crippen molar-refractivity contribution in [2.75, 3.05) is 4.90 Å². The van der Waals surface area contributed by atoms with Gasteiger partial charge in [-0.15, -0.1) is 0 Å². The molecule has 0 fully saturated rings. The number of para-hydroxylation sites is 2. The molecule has 9 aromatic carbocycles. The number of nitrogens with zero attached hydrogens (tertiary/aromatic N) is 1. The summed E-state index contributed by atoms with van der Waals surface area (Å²) in [4.78, 5) is 2.37. The predicted octanol–water partition coefficient (Wildman–Crippen LogP) is 14.6. The van der Waals surface area contributed by atoms with Gasteiger partial charge in [0, 0.05) is 38.5 Å². The van der Waals surface area contributed by atoms with Crippen molar-refractivity contribution in [2.24, 2.45) is 0 Å². The van der Waals surface area contributed by atoms with Crippen LogP contribution in [-0.2, 0) is 0 Å². The van der Waals surface area contributed by atoms with Crippen LogP contribution in [-0.4, -0.2) is 0 Å². The van der Waals surface area contributed by atoms with Crippen LogP contribution in [0.15, 0.2) is 197 Å². The average molecular weight is 678 g/mol. The highest BCUT2D eigenvalue weighted by Gasteiger charge is 2.22. The largest absolute Gasteiger partial charge is 0.455 e. The second-order valence-electron chi connectivity index (χ2n) is 13.7. The summed E-state index contributed by atoms with van der Waals surface area (Å²) in [5.41, 5.74) is 11.1. The minimum Gasteiger partial charge on any atom is -0.455 e. The van der Waals surface area contributed by atoms with Crippen molar-refractivity contribution >= 4 is 82.5 Å². The number of benzene rings is 9. The van der Waals surface area contributed by atoms with Crippen LogP contribution in [0, 0.1) is 0 Å².